The summed E-state index contributed by atoms with van der Waals surface area (Å²) in [5.41, 5.74) is 7.34. The lowest BCUT2D eigenvalue weighted by Gasteiger charge is -2.14. The van der Waals surface area contributed by atoms with Crippen LogP contribution in [0.25, 0.3) is 0 Å². The van der Waals surface area contributed by atoms with Crippen molar-refractivity contribution in [2.45, 2.75) is 19.9 Å². The van der Waals surface area contributed by atoms with Gasteiger partial charge in [-0.3, -0.25) is 4.68 Å². The maximum Gasteiger partial charge on any atom is 0.135 e. The number of nitrogens with zero attached hydrogens (tertiary/aromatic N) is 2. The molecule has 0 fully saturated rings. The lowest BCUT2D eigenvalue weighted by atomic mass is 10.2. The second-order valence-corrected chi connectivity index (χ2v) is 4.62. The zero-order valence-electron chi connectivity index (χ0n) is 10.6. The molecule has 0 aliphatic rings. The average molecular weight is 264 g/mol. The van der Waals surface area contributed by atoms with Crippen molar-refractivity contribution in [2.24, 2.45) is 12.8 Å². The van der Waals surface area contributed by atoms with Gasteiger partial charge >= 0.3 is 0 Å². The Morgan fingerprint density at radius 2 is 2.33 bits per heavy atom. The summed E-state index contributed by atoms with van der Waals surface area (Å²) >= 11 is 5.06. The molecule has 0 radical (unpaired) electrons. The molecular weight excluding hydrogens is 248 g/mol. The number of aryl methyl sites for hydroxylation is 2. The van der Waals surface area contributed by atoms with Crippen LogP contribution < -0.4 is 11.1 Å². The van der Waals surface area contributed by atoms with Crippen molar-refractivity contribution in [1.29, 1.82) is 0 Å². The van der Waals surface area contributed by atoms with Crippen LogP contribution >= 0.6 is 12.2 Å². The summed E-state index contributed by atoms with van der Waals surface area (Å²) in [5, 5.41) is 7.65. The maximum atomic E-state index is 5.74. The molecule has 0 saturated carbocycles. The van der Waals surface area contributed by atoms with Gasteiger partial charge in [-0.25, -0.2) is 0 Å². The van der Waals surface area contributed by atoms with Crippen molar-refractivity contribution in [3.63, 3.8) is 0 Å². The Labute approximate surface area is 111 Å². The van der Waals surface area contributed by atoms with E-state index in [0.29, 0.717) is 4.99 Å². The van der Waals surface area contributed by atoms with Crippen molar-refractivity contribution in [3.8, 4) is 0 Å². The van der Waals surface area contributed by atoms with Gasteiger partial charge in [0.25, 0.3) is 0 Å². The molecule has 6 heteroatoms. The fourth-order valence-electron chi connectivity index (χ4n) is 1.93. The molecule has 0 spiro atoms. The number of nitrogens with two attached hydrogens (primary N) is 1. The quantitative estimate of drug-likeness (QED) is 0.828. The fraction of sp³-hybridized carbons (Fsp3) is 0.333. The van der Waals surface area contributed by atoms with Crippen LogP contribution in [0.1, 0.15) is 30.0 Å². The van der Waals surface area contributed by atoms with Gasteiger partial charge in [0.05, 0.1) is 23.6 Å². The molecule has 0 saturated heterocycles. The van der Waals surface area contributed by atoms with E-state index in [1.54, 1.807) is 10.9 Å². The third-order valence-electron chi connectivity index (χ3n) is 2.79. The Balaban J connectivity index is 2.31. The molecule has 0 bridgehead atoms. The summed E-state index contributed by atoms with van der Waals surface area (Å²) in [6, 6.07) is 3.79. The molecule has 2 rings (SSSR count). The highest BCUT2D eigenvalue weighted by Gasteiger charge is 2.18. The smallest absolute Gasteiger partial charge is 0.135 e. The molecule has 0 aliphatic carbocycles. The monoisotopic (exact) mass is 264 g/mol. The standard InChI is InChI=1S/C12H16N4OS/c1-7(9-5-4-6-17-9)14-12-10(11(13)18)8(2)15-16(12)3/h4-7,14H,1-3H3,(H2,13,18). The predicted molar refractivity (Wildman–Crippen MR) is 74.6 cm³/mol. The first-order valence-corrected chi connectivity index (χ1v) is 6.05. The van der Waals surface area contributed by atoms with Crippen LogP contribution in [0.2, 0.25) is 0 Å². The number of aromatic nitrogens is 2. The number of nitrogens with one attached hydrogen (secondary N) is 1. The molecule has 1 atom stereocenters. The molecule has 3 N–H and O–H groups in total. The van der Waals surface area contributed by atoms with E-state index >= 15 is 0 Å². The molecule has 0 amide bonds. The number of hydrogen-bond acceptors (Lipinski definition) is 4. The van der Waals surface area contributed by atoms with Crippen LogP contribution in [0.15, 0.2) is 22.8 Å². The zero-order chi connectivity index (χ0) is 13.3. The number of rotatable bonds is 4. The van der Waals surface area contributed by atoms with Gasteiger partial charge in [-0.2, -0.15) is 5.10 Å². The normalized spacial score (nSPS) is 12.4. The van der Waals surface area contributed by atoms with E-state index in [1.165, 1.54) is 0 Å². The molecule has 96 valence electrons. The fourth-order valence-corrected chi connectivity index (χ4v) is 2.18. The number of thiocarbonyl (C=S) groups is 1. The molecule has 0 aromatic carbocycles. The van der Waals surface area contributed by atoms with Gasteiger partial charge < -0.3 is 15.5 Å². The minimum Gasteiger partial charge on any atom is -0.467 e. The highest BCUT2D eigenvalue weighted by Crippen LogP contribution is 2.24. The topological polar surface area (TPSA) is 69.0 Å². The first kappa shape index (κ1) is 12.6. The highest BCUT2D eigenvalue weighted by molar-refractivity contribution is 7.80. The van der Waals surface area contributed by atoms with E-state index in [-0.39, 0.29) is 6.04 Å². The van der Waals surface area contributed by atoms with Gasteiger partial charge in [-0.1, -0.05) is 12.2 Å². The van der Waals surface area contributed by atoms with Crippen molar-refractivity contribution in [3.05, 3.63) is 35.4 Å². The Hall–Kier alpha value is -1.82. The van der Waals surface area contributed by atoms with Crippen LogP contribution in [0.4, 0.5) is 5.82 Å². The lowest BCUT2D eigenvalue weighted by Crippen LogP contribution is -2.16. The van der Waals surface area contributed by atoms with Gasteiger partial charge in [-0.05, 0) is 26.0 Å². The van der Waals surface area contributed by atoms with Crippen molar-refractivity contribution in [1.82, 2.24) is 9.78 Å². The highest BCUT2D eigenvalue weighted by atomic mass is 32.1. The van der Waals surface area contributed by atoms with Gasteiger partial charge in [0, 0.05) is 7.05 Å². The van der Waals surface area contributed by atoms with Crippen molar-refractivity contribution in [2.75, 3.05) is 5.32 Å². The molecule has 18 heavy (non-hydrogen) atoms. The third-order valence-corrected chi connectivity index (χ3v) is 3.00. The van der Waals surface area contributed by atoms with Crippen LogP contribution in [0.3, 0.4) is 0 Å². The van der Waals surface area contributed by atoms with E-state index in [0.717, 1.165) is 22.8 Å². The Bertz CT molecular complexity index is 559. The summed E-state index contributed by atoms with van der Waals surface area (Å²) in [5.74, 6) is 1.66. The van der Waals surface area contributed by atoms with Crippen LogP contribution in [0.5, 0.6) is 0 Å². The first-order chi connectivity index (χ1) is 8.50. The number of anilines is 1. The largest absolute Gasteiger partial charge is 0.467 e. The van der Waals surface area contributed by atoms with Crippen LogP contribution in [-0.2, 0) is 7.05 Å². The molecule has 2 aromatic rings. The predicted octanol–water partition coefficient (Wildman–Crippen LogP) is 2.13. The summed E-state index contributed by atoms with van der Waals surface area (Å²) in [6.07, 6.45) is 1.65. The van der Waals surface area contributed by atoms with E-state index in [9.17, 15) is 0 Å². The molecule has 1 unspecified atom stereocenters. The van der Waals surface area contributed by atoms with Crippen molar-refractivity contribution < 1.29 is 4.42 Å². The van der Waals surface area contributed by atoms with Crippen LogP contribution in [0, 0.1) is 6.92 Å². The first-order valence-electron chi connectivity index (χ1n) is 5.64. The summed E-state index contributed by atoms with van der Waals surface area (Å²) < 4.78 is 7.10. The van der Waals surface area contributed by atoms with Crippen molar-refractivity contribution >= 4 is 23.0 Å². The lowest BCUT2D eigenvalue weighted by molar-refractivity contribution is 0.489. The Kier molecular flexibility index (Phi) is 3.38. The number of hydrogen-bond donors (Lipinski definition) is 2. The molecule has 0 aliphatic heterocycles. The van der Waals surface area contributed by atoms with E-state index < -0.39 is 0 Å². The van der Waals surface area contributed by atoms with Gasteiger partial charge in [0.1, 0.15) is 16.6 Å². The zero-order valence-corrected chi connectivity index (χ0v) is 11.4. The second-order valence-electron chi connectivity index (χ2n) is 4.18. The van der Waals surface area contributed by atoms with E-state index in [4.69, 9.17) is 22.4 Å². The van der Waals surface area contributed by atoms with E-state index in [1.807, 2.05) is 33.0 Å². The van der Waals surface area contributed by atoms with Gasteiger partial charge in [0.15, 0.2) is 0 Å². The molecular formula is C12H16N4OS. The Morgan fingerprint density at radius 3 is 2.89 bits per heavy atom. The minimum absolute atomic E-state index is 0.0166. The summed E-state index contributed by atoms with van der Waals surface area (Å²) in [4.78, 5) is 0.342. The summed E-state index contributed by atoms with van der Waals surface area (Å²) in [7, 11) is 1.85. The SMILES string of the molecule is Cc1nn(C)c(NC(C)c2ccco2)c1C(N)=S. The average Bonchev–Trinajstić information content (AvgIpc) is 2.87. The minimum atomic E-state index is 0.0166. The maximum absolute atomic E-state index is 5.74. The van der Waals surface area contributed by atoms with Gasteiger partial charge in [-0.15, -0.1) is 0 Å². The van der Waals surface area contributed by atoms with Crippen LogP contribution in [-0.4, -0.2) is 14.8 Å². The molecule has 2 heterocycles. The molecule has 5 nitrogen and oxygen atoms in total. The van der Waals surface area contributed by atoms with E-state index in [2.05, 4.69) is 10.4 Å². The third kappa shape index (κ3) is 2.24. The Morgan fingerprint density at radius 1 is 1.61 bits per heavy atom. The second kappa shape index (κ2) is 4.81. The summed E-state index contributed by atoms with van der Waals surface area (Å²) in [6.45, 7) is 3.89. The van der Waals surface area contributed by atoms with Gasteiger partial charge in [0.2, 0.25) is 0 Å². The number of furan rings is 1. The molecule has 2 aromatic heterocycles.